The monoisotopic (exact) mass is 706 g/mol. The van der Waals surface area contributed by atoms with E-state index in [-0.39, 0.29) is 36.2 Å². The first-order valence-electron chi connectivity index (χ1n) is 17.5. The van der Waals surface area contributed by atoms with Crippen molar-refractivity contribution in [2.24, 2.45) is 17.8 Å². The zero-order valence-electron chi connectivity index (χ0n) is 31.3. The number of ether oxygens (including phenoxy) is 1. The molecule has 4 atom stereocenters. The third-order valence-corrected chi connectivity index (χ3v) is 8.98. The molecule has 1 heterocycles. The number of alkyl carbamates (subject to hydrolysis) is 1. The first-order valence-corrected chi connectivity index (χ1v) is 17.5. The van der Waals surface area contributed by atoms with Gasteiger partial charge in [0.25, 0.3) is 5.91 Å². The van der Waals surface area contributed by atoms with Crippen molar-refractivity contribution in [2.45, 2.75) is 85.2 Å². The van der Waals surface area contributed by atoms with Gasteiger partial charge < -0.3 is 35.4 Å². The van der Waals surface area contributed by atoms with Crippen molar-refractivity contribution in [3.63, 3.8) is 0 Å². The van der Waals surface area contributed by atoms with Crippen LogP contribution in [0.25, 0.3) is 0 Å². The first kappa shape index (κ1) is 40.5. The number of hydrogen-bond donors (Lipinski definition) is 3. The van der Waals surface area contributed by atoms with Gasteiger partial charge in [-0.1, -0.05) is 84.0 Å². The Labute approximate surface area is 301 Å². The average Bonchev–Trinajstić information content (AvgIpc) is 3.58. The lowest BCUT2D eigenvalue weighted by molar-refractivity contribution is -0.150. The normalized spacial score (nSPS) is 15.9. The number of likely N-dealkylation sites (tertiary alicyclic amines) is 1. The molecule has 0 bridgehead atoms. The van der Waals surface area contributed by atoms with Gasteiger partial charge in [0.1, 0.15) is 30.8 Å². The molecular formula is C38H54N6O7. The Morgan fingerprint density at radius 1 is 0.804 bits per heavy atom. The van der Waals surface area contributed by atoms with E-state index in [4.69, 9.17) is 4.74 Å². The predicted octanol–water partition coefficient (Wildman–Crippen LogP) is 3.89. The maximum atomic E-state index is 14.2. The van der Waals surface area contributed by atoms with E-state index < -0.39 is 48.0 Å². The smallest absolute Gasteiger partial charge is 0.408 e. The van der Waals surface area contributed by atoms with Gasteiger partial charge in [-0.15, -0.1) is 0 Å². The minimum absolute atomic E-state index is 0.0323. The number of para-hydroxylation sites is 1. The molecule has 1 saturated heterocycles. The van der Waals surface area contributed by atoms with Gasteiger partial charge in [-0.25, -0.2) is 4.79 Å². The molecule has 0 saturated carbocycles. The quantitative estimate of drug-likeness (QED) is 0.269. The summed E-state index contributed by atoms with van der Waals surface area (Å²) in [5.74, 6) is -3.12. The maximum Gasteiger partial charge on any atom is 0.408 e. The highest BCUT2D eigenvalue weighted by Crippen LogP contribution is 2.25. The molecule has 51 heavy (non-hydrogen) atoms. The van der Waals surface area contributed by atoms with E-state index >= 15 is 0 Å². The SMILES string of the molecule is CC(C)[C@H](NC(=O)OCc1ccccc1)C(=O)N[C@H](C(=O)N(C)[C@H](C(=O)N1CCC[C@H]1C(=O)Nc1ccccc1C(=O)N(C)C)C(C)C)C(C)C. The molecule has 13 heteroatoms. The largest absolute Gasteiger partial charge is 0.445 e. The van der Waals surface area contributed by atoms with Crippen molar-refractivity contribution in [3.05, 3.63) is 65.7 Å². The maximum absolute atomic E-state index is 14.2. The zero-order chi connectivity index (χ0) is 38.0. The number of hydrogen-bond acceptors (Lipinski definition) is 7. The second kappa shape index (κ2) is 18.3. The number of nitrogens with zero attached hydrogens (tertiary/aromatic N) is 3. The van der Waals surface area contributed by atoms with Crippen molar-refractivity contribution < 1.29 is 33.5 Å². The van der Waals surface area contributed by atoms with E-state index in [1.54, 1.807) is 66.1 Å². The van der Waals surface area contributed by atoms with E-state index in [1.165, 1.54) is 21.7 Å². The van der Waals surface area contributed by atoms with Crippen LogP contribution in [0.1, 0.15) is 70.3 Å². The summed E-state index contributed by atoms with van der Waals surface area (Å²) < 4.78 is 5.32. The molecule has 278 valence electrons. The van der Waals surface area contributed by atoms with Gasteiger partial charge in [0.2, 0.25) is 23.6 Å². The van der Waals surface area contributed by atoms with Crippen LogP contribution in [0.2, 0.25) is 0 Å². The summed E-state index contributed by atoms with van der Waals surface area (Å²) in [4.78, 5) is 85.1. The number of amides is 6. The Hall–Kier alpha value is -4.94. The second-order valence-electron chi connectivity index (χ2n) is 14.2. The summed E-state index contributed by atoms with van der Waals surface area (Å²) >= 11 is 0. The third kappa shape index (κ3) is 10.5. The van der Waals surface area contributed by atoms with Gasteiger partial charge in [-0.3, -0.25) is 24.0 Å². The van der Waals surface area contributed by atoms with E-state index in [2.05, 4.69) is 16.0 Å². The molecule has 0 aliphatic carbocycles. The fourth-order valence-electron chi connectivity index (χ4n) is 6.15. The number of benzene rings is 2. The lowest BCUT2D eigenvalue weighted by atomic mass is 9.96. The summed E-state index contributed by atoms with van der Waals surface area (Å²) in [5, 5.41) is 8.29. The highest BCUT2D eigenvalue weighted by Gasteiger charge is 2.42. The number of likely N-dealkylation sites (N-methyl/N-ethyl adjacent to an activating group) is 1. The molecule has 1 aliphatic rings. The van der Waals surface area contributed by atoms with Gasteiger partial charge in [-0.2, -0.15) is 0 Å². The van der Waals surface area contributed by atoms with E-state index in [0.29, 0.717) is 30.6 Å². The number of anilines is 1. The van der Waals surface area contributed by atoms with Crippen LogP contribution in [0.3, 0.4) is 0 Å². The molecule has 1 fully saturated rings. The topological polar surface area (TPSA) is 157 Å². The molecule has 1 aliphatic heterocycles. The van der Waals surface area contributed by atoms with Gasteiger partial charge in [0.05, 0.1) is 11.3 Å². The molecule has 2 aromatic rings. The van der Waals surface area contributed by atoms with Gasteiger partial charge >= 0.3 is 6.09 Å². The van der Waals surface area contributed by atoms with Crippen LogP contribution in [0.15, 0.2) is 54.6 Å². The van der Waals surface area contributed by atoms with Crippen molar-refractivity contribution in [3.8, 4) is 0 Å². The number of carbonyl (C=O) groups is 6. The van der Waals surface area contributed by atoms with Crippen molar-refractivity contribution in [1.82, 2.24) is 25.3 Å². The van der Waals surface area contributed by atoms with Crippen LogP contribution in [-0.4, -0.2) is 102 Å². The molecule has 0 unspecified atom stereocenters. The molecule has 6 amide bonds. The summed E-state index contributed by atoms with van der Waals surface area (Å²) in [7, 11) is 4.78. The molecule has 3 N–H and O–H groups in total. The molecule has 13 nitrogen and oxygen atoms in total. The second-order valence-corrected chi connectivity index (χ2v) is 14.2. The average molecular weight is 707 g/mol. The van der Waals surface area contributed by atoms with Crippen molar-refractivity contribution in [1.29, 1.82) is 0 Å². The van der Waals surface area contributed by atoms with Crippen LogP contribution in [0, 0.1) is 17.8 Å². The highest BCUT2D eigenvalue weighted by atomic mass is 16.5. The first-order chi connectivity index (χ1) is 24.0. The number of nitrogens with one attached hydrogen (secondary N) is 3. The molecular weight excluding hydrogens is 652 g/mol. The molecule has 0 aromatic heterocycles. The van der Waals surface area contributed by atoms with Crippen LogP contribution >= 0.6 is 0 Å². The van der Waals surface area contributed by atoms with E-state index in [1.807, 2.05) is 44.2 Å². The zero-order valence-corrected chi connectivity index (χ0v) is 31.3. The van der Waals surface area contributed by atoms with Gasteiger partial charge in [0.15, 0.2) is 0 Å². The molecule has 0 spiro atoms. The lowest BCUT2D eigenvalue weighted by Crippen LogP contribution is -2.61. The van der Waals surface area contributed by atoms with Gasteiger partial charge in [0, 0.05) is 27.7 Å². The van der Waals surface area contributed by atoms with Crippen molar-refractivity contribution in [2.75, 3.05) is 33.0 Å². The van der Waals surface area contributed by atoms with E-state index in [0.717, 1.165) is 5.56 Å². The minimum Gasteiger partial charge on any atom is -0.445 e. The Morgan fingerprint density at radius 2 is 1.41 bits per heavy atom. The Balaban J connectivity index is 1.74. The summed E-state index contributed by atoms with van der Waals surface area (Å²) in [5.41, 5.74) is 1.48. The third-order valence-electron chi connectivity index (χ3n) is 8.98. The van der Waals surface area contributed by atoms with E-state index in [9.17, 15) is 28.8 Å². The molecule has 0 radical (unpaired) electrons. The molecule has 3 rings (SSSR count). The Bertz CT molecular complexity index is 1540. The fraction of sp³-hybridized carbons (Fsp3) is 0.526. The fourth-order valence-corrected chi connectivity index (χ4v) is 6.15. The van der Waals surface area contributed by atoms with Crippen LogP contribution < -0.4 is 16.0 Å². The highest BCUT2D eigenvalue weighted by molar-refractivity contribution is 6.05. The standard InChI is InChI=1S/C38H54N6O7/c1-23(2)30(41-38(50)51-22-26-16-11-10-12-17-26)34(46)40-31(24(3)4)36(48)43(9)32(25(5)6)37(49)44-21-15-20-29(44)33(45)39-28-19-14-13-18-27(28)35(47)42(7)8/h10-14,16-19,23-25,29-32H,15,20-22H2,1-9H3,(H,39,45)(H,40,46)(H,41,50)/t29-,30-,31-,32-/m0/s1. The number of carbonyl (C=O) groups excluding carboxylic acids is 6. The van der Waals surface area contributed by atoms with Crippen LogP contribution in [0.4, 0.5) is 10.5 Å². The summed E-state index contributed by atoms with van der Waals surface area (Å²) in [6.07, 6.45) is 0.248. The predicted molar refractivity (Wildman–Crippen MR) is 194 cm³/mol. The van der Waals surface area contributed by atoms with Crippen LogP contribution in [0.5, 0.6) is 0 Å². The summed E-state index contributed by atoms with van der Waals surface area (Å²) in [6, 6.07) is 12.1. The Morgan fingerprint density at radius 3 is 2.00 bits per heavy atom. The summed E-state index contributed by atoms with van der Waals surface area (Å²) in [6.45, 7) is 11.1. The number of rotatable bonds is 14. The van der Waals surface area contributed by atoms with Gasteiger partial charge in [-0.05, 0) is 48.3 Å². The Kier molecular flexibility index (Phi) is 14.6. The minimum atomic E-state index is -1.01. The lowest BCUT2D eigenvalue weighted by Gasteiger charge is -2.37. The molecule has 2 aromatic carbocycles. The van der Waals surface area contributed by atoms with Crippen LogP contribution in [-0.2, 0) is 30.5 Å². The van der Waals surface area contributed by atoms with Crippen molar-refractivity contribution >= 4 is 41.3 Å².